The third-order valence-corrected chi connectivity index (χ3v) is 8.76. The SMILES string of the molecule is COC(=O)c1cc2c(nc(CN3CCC(c4cccc(OCc5ccc(C#N)cc5F)n4)CC3)n2C[C@@H]2CCO2)s1. The highest BCUT2D eigenvalue weighted by Crippen LogP contribution is 2.32. The first kappa shape index (κ1) is 27.3. The van der Waals surface area contributed by atoms with E-state index in [9.17, 15) is 9.18 Å². The number of imidazole rings is 1. The van der Waals surface area contributed by atoms with Gasteiger partial charge in [-0.1, -0.05) is 12.1 Å². The molecule has 1 atom stereocenters. The van der Waals surface area contributed by atoms with Crippen molar-refractivity contribution >= 4 is 27.7 Å². The Bertz CT molecular complexity index is 1600. The number of nitriles is 1. The molecule has 5 heterocycles. The Morgan fingerprint density at radius 3 is 2.73 bits per heavy atom. The molecule has 0 radical (unpaired) electrons. The van der Waals surface area contributed by atoms with E-state index in [-0.39, 0.29) is 24.2 Å². The van der Waals surface area contributed by atoms with Crippen LogP contribution in [0.15, 0.2) is 42.5 Å². The first-order chi connectivity index (χ1) is 20.0. The Labute approximate surface area is 241 Å². The molecule has 1 aromatic carbocycles. The average molecular weight is 576 g/mol. The summed E-state index contributed by atoms with van der Waals surface area (Å²) in [5, 5.41) is 8.93. The zero-order valence-corrected chi connectivity index (χ0v) is 23.5. The molecule has 4 aromatic rings. The predicted molar refractivity (Wildman–Crippen MR) is 150 cm³/mol. The van der Waals surface area contributed by atoms with Gasteiger partial charge in [-0.25, -0.2) is 19.2 Å². The second-order valence-corrected chi connectivity index (χ2v) is 11.4. The lowest BCUT2D eigenvalue weighted by Gasteiger charge is -2.32. The van der Waals surface area contributed by atoms with Crippen LogP contribution >= 0.6 is 11.3 Å². The number of hydrogen-bond donors (Lipinski definition) is 0. The fourth-order valence-corrected chi connectivity index (χ4v) is 6.30. The highest BCUT2D eigenvalue weighted by atomic mass is 32.1. The van der Waals surface area contributed by atoms with Crippen LogP contribution in [0, 0.1) is 17.1 Å². The summed E-state index contributed by atoms with van der Waals surface area (Å²) < 4.78 is 32.8. The molecule has 41 heavy (non-hydrogen) atoms. The van der Waals surface area contributed by atoms with Gasteiger partial charge in [-0.3, -0.25) is 4.90 Å². The number of nitrogens with zero attached hydrogens (tertiary/aromatic N) is 5. The quantitative estimate of drug-likeness (QED) is 0.256. The first-order valence-electron chi connectivity index (χ1n) is 13.7. The molecule has 2 aliphatic heterocycles. The number of aromatic nitrogens is 3. The van der Waals surface area contributed by atoms with Crippen molar-refractivity contribution in [3.05, 3.63) is 75.8 Å². The molecule has 0 bridgehead atoms. The zero-order valence-electron chi connectivity index (χ0n) is 22.7. The lowest BCUT2D eigenvalue weighted by atomic mass is 9.93. The number of likely N-dealkylation sites (tertiary alicyclic amines) is 1. The van der Waals surface area contributed by atoms with Crippen LogP contribution in [0.5, 0.6) is 5.88 Å². The summed E-state index contributed by atoms with van der Waals surface area (Å²) >= 11 is 1.36. The standard InChI is InChI=1S/C30H30FN5O4S/c1-38-30(37)26-14-25-29(41-26)34-27(36(25)16-22-9-12-39-22)17-35-10-7-20(8-11-35)24-3-2-4-28(33-24)40-18-21-6-5-19(15-32)13-23(21)31/h2-6,13-14,20,22H,7-12,16-18H2,1H3/t22-/m0/s1. The zero-order chi connectivity index (χ0) is 28.3. The van der Waals surface area contributed by atoms with Crippen molar-refractivity contribution in [2.24, 2.45) is 0 Å². The first-order valence-corrected chi connectivity index (χ1v) is 14.5. The number of carbonyl (C=O) groups excluding carboxylic acids is 1. The number of esters is 1. The van der Waals surface area contributed by atoms with Crippen molar-refractivity contribution in [2.45, 2.75) is 51.0 Å². The number of carbonyl (C=O) groups is 1. The van der Waals surface area contributed by atoms with E-state index in [1.165, 1.54) is 24.5 Å². The lowest BCUT2D eigenvalue weighted by molar-refractivity contribution is -0.0592. The van der Waals surface area contributed by atoms with Crippen molar-refractivity contribution in [2.75, 3.05) is 26.8 Å². The van der Waals surface area contributed by atoms with Gasteiger partial charge in [0.05, 0.1) is 43.5 Å². The Balaban J connectivity index is 1.09. The van der Waals surface area contributed by atoms with Gasteiger partial charge in [0.1, 0.15) is 28.0 Å². The number of halogens is 1. The lowest BCUT2D eigenvalue weighted by Crippen LogP contribution is -2.35. The number of thiophene rings is 1. The molecule has 11 heteroatoms. The van der Waals surface area contributed by atoms with Crippen molar-refractivity contribution < 1.29 is 23.4 Å². The average Bonchev–Trinajstić information content (AvgIpc) is 3.52. The Morgan fingerprint density at radius 2 is 2.02 bits per heavy atom. The van der Waals surface area contributed by atoms with E-state index >= 15 is 0 Å². The summed E-state index contributed by atoms with van der Waals surface area (Å²) in [6.07, 6.45) is 3.10. The largest absolute Gasteiger partial charge is 0.473 e. The third-order valence-electron chi connectivity index (χ3n) is 7.77. The molecule has 0 amide bonds. The number of ether oxygens (including phenoxy) is 3. The molecule has 0 unspecified atom stereocenters. The number of piperidine rings is 1. The minimum Gasteiger partial charge on any atom is -0.473 e. The molecule has 0 spiro atoms. The van der Waals surface area contributed by atoms with Crippen LogP contribution in [-0.4, -0.2) is 58.3 Å². The predicted octanol–water partition coefficient (Wildman–Crippen LogP) is 5.04. The normalized spacial score (nSPS) is 17.7. The van der Waals surface area contributed by atoms with E-state index in [1.807, 2.05) is 24.3 Å². The highest BCUT2D eigenvalue weighted by molar-refractivity contribution is 7.20. The second kappa shape index (κ2) is 11.9. The third kappa shape index (κ3) is 5.95. The van der Waals surface area contributed by atoms with Gasteiger partial charge in [-0.15, -0.1) is 11.3 Å². The van der Waals surface area contributed by atoms with Gasteiger partial charge in [0.2, 0.25) is 5.88 Å². The molecule has 3 aromatic heterocycles. The fourth-order valence-electron chi connectivity index (χ4n) is 5.33. The van der Waals surface area contributed by atoms with Crippen molar-refractivity contribution in [1.29, 1.82) is 5.26 Å². The van der Waals surface area contributed by atoms with Gasteiger partial charge in [-0.05, 0) is 56.6 Å². The Hall–Kier alpha value is -3.85. The molecule has 2 aliphatic rings. The maximum Gasteiger partial charge on any atom is 0.348 e. The van der Waals surface area contributed by atoms with Gasteiger partial charge >= 0.3 is 5.97 Å². The van der Waals surface area contributed by atoms with Crippen LogP contribution in [0.3, 0.4) is 0 Å². The van der Waals surface area contributed by atoms with E-state index in [0.717, 1.165) is 73.9 Å². The molecule has 6 rings (SSSR count). The summed E-state index contributed by atoms with van der Waals surface area (Å²) in [4.78, 5) is 25.5. The highest BCUT2D eigenvalue weighted by Gasteiger charge is 2.27. The van der Waals surface area contributed by atoms with Crippen LogP contribution in [0.2, 0.25) is 0 Å². The smallest absolute Gasteiger partial charge is 0.348 e. The Morgan fingerprint density at radius 1 is 1.20 bits per heavy atom. The molecular formula is C30H30FN5O4S. The number of benzene rings is 1. The van der Waals surface area contributed by atoms with Gasteiger partial charge in [0.25, 0.3) is 0 Å². The maximum atomic E-state index is 14.2. The number of methoxy groups -OCH3 is 1. The summed E-state index contributed by atoms with van der Waals surface area (Å²) in [6, 6.07) is 13.9. The summed E-state index contributed by atoms with van der Waals surface area (Å²) in [5.74, 6) is 0.945. The van der Waals surface area contributed by atoms with E-state index in [2.05, 4.69) is 9.47 Å². The number of fused-ring (bicyclic) bond motifs is 1. The number of pyridine rings is 1. The van der Waals surface area contributed by atoms with E-state index in [1.54, 1.807) is 18.2 Å². The maximum absolute atomic E-state index is 14.2. The van der Waals surface area contributed by atoms with Crippen LogP contribution in [0.25, 0.3) is 10.3 Å². The van der Waals surface area contributed by atoms with Crippen LogP contribution in [-0.2, 0) is 29.2 Å². The van der Waals surface area contributed by atoms with Crippen LogP contribution in [0.1, 0.15) is 57.5 Å². The van der Waals surface area contributed by atoms with Crippen molar-refractivity contribution in [3.8, 4) is 11.9 Å². The molecule has 2 fully saturated rings. The van der Waals surface area contributed by atoms with Crippen molar-refractivity contribution in [1.82, 2.24) is 19.4 Å². The van der Waals surface area contributed by atoms with E-state index < -0.39 is 5.82 Å². The number of rotatable bonds is 9. The van der Waals surface area contributed by atoms with Gasteiger partial charge in [-0.2, -0.15) is 5.26 Å². The minimum atomic E-state index is -0.461. The minimum absolute atomic E-state index is 0.0452. The second-order valence-electron chi connectivity index (χ2n) is 10.4. The van der Waals surface area contributed by atoms with E-state index in [0.29, 0.717) is 22.2 Å². The van der Waals surface area contributed by atoms with Gasteiger partial charge in [0, 0.05) is 29.8 Å². The van der Waals surface area contributed by atoms with Crippen LogP contribution in [0.4, 0.5) is 4.39 Å². The molecule has 9 nitrogen and oxygen atoms in total. The van der Waals surface area contributed by atoms with Gasteiger partial charge in [0.15, 0.2) is 0 Å². The van der Waals surface area contributed by atoms with E-state index in [4.69, 9.17) is 29.4 Å². The molecule has 0 saturated carbocycles. The molecule has 2 saturated heterocycles. The fraction of sp³-hybridized carbons (Fsp3) is 0.400. The number of hydrogen-bond acceptors (Lipinski definition) is 9. The topological polar surface area (TPSA) is 102 Å². The molecule has 0 N–H and O–H groups in total. The monoisotopic (exact) mass is 575 g/mol. The summed E-state index contributed by atoms with van der Waals surface area (Å²) in [6.45, 7) is 4.09. The molecule has 0 aliphatic carbocycles. The van der Waals surface area contributed by atoms with Gasteiger partial charge < -0.3 is 18.8 Å². The molecule has 212 valence electrons. The van der Waals surface area contributed by atoms with Crippen LogP contribution < -0.4 is 4.74 Å². The Kier molecular flexibility index (Phi) is 7.96. The van der Waals surface area contributed by atoms with Crippen molar-refractivity contribution in [3.63, 3.8) is 0 Å². The summed E-state index contributed by atoms with van der Waals surface area (Å²) in [7, 11) is 1.39. The summed E-state index contributed by atoms with van der Waals surface area (Å²) in [5.41, 5.74) is 2.59. The molecular weight excluding hydrogens is 545 g/mol.